The molecule has 1 unspecified atom stereocenters. The van der Waals surface area contributed by atoms with Crippen molar-refractivity contribution in [2.75, 3.05) is 13.2 Å². The molecule has 0 saturated heterocycles. The number of hydrogen-bond acceptors (Lipinski definition) is 2. The van der Waals surface area contributed by atoms with E-state index >= 15 is 0 Å². The van der Waals surface area contributed by atoms with Gasteiger partial charge in [-0.05, 0) is 24.0 Å². The van der Waals surface area contributed by atoms with Gasteiger partial charge in [0.25, 0.3) is 0 Å². The Balaban J connectivity index is 2.14. The SMILES string of the molecule is CC(C)(C)CC(Br)CNC(=O)CCOc1ccccc1. The predicted octanol–water partition coefficient (Wildman–Crippen LogP) is 3.77. The molecule has 1 N–H and O–H groups in total. The highest BCUT2D eigenvalue weighted by Gasteiger charge is 2.16. The van der Waals surface area contributed by atoms with E-state index in [-0.39, 0.29) is 11.3 Å². The molecule has 0 spiro atoms. The lowest BCUT2D eigenvalue weighted by molar-refractivity contribution is -0.121. The molecule has 4 heteroatoms. The molecule has 0 fully saturated rings. The Bertz CT molecular complexity index is 401. The minimum absolute atomic E-state index is 0.0271. The Labute approximate surface area is 130 Å². The van der Waals surface area contributed by atoms with Crippen LogP contribution in [-0.4, -0.2) is 23.9 Å². The van der Waals surface area contributed by atoms with Crippen molar-refractivity contribution in [2.24, 2.45) is 5.41 Å². The first-order chi connectivity index (χ1) is 9.37. The lowest BCUT2D eigenvalue weighted by Crippen LogP contribution is -2.32. The van der Waals surface area contributed by atoms with Crippen molar-refractivity contribution >= 4 is 21.8 Å². The van der Waals surface area contributed by atoms with Gasteiger partial charge >= 0.3 is 0 Å². The number of halogens is 1. The molecule has 0 saturated carbocycles. The van der Waals surface area contributed by atoms with Gasteiger partial charge in [0.2, 0.25) is 5.91 Å². The van der Waals surface area contributed by atoms with Crippen LogP contribution in [0.2, 0.25) is 0 Å². The van der Waals surface area contributed by atoms with Gasteiger partial charge in [0.05, 0.1) is 13.0 Å². The summed E-state index contributed by atoms with van der Waals surface area (Å²) in [6, 6.07) is 9.53. The van der Waals surface area contributed by atoms with Crippen molar-refractivity contribution in [3.8, 4) is 5.75 Å². The first kappa shape index (κ1) is 17.0. The second-order valence-corrected chi connectivity index (χ2v) is 7.37. The second kappa shape index (κ2) is 8.30. The number of amides is 1. The van der Waals surface area contributed by atoms with Crippen molar-refractivity contribution < 1.29 is 9.53 Å². The van der Waals surface area contributed by atoms with E-state index in [0.29, 0.717) is 24.4 Å². The third kappa shape index (κ3) is 8.20. The van der Waals surface area contributed by atoms with Crippen LogP contribution in [0.25, 0.3) is 0 Å². The van der Waals surface area contributed by atoms with E-state index in [1.54, 1.807) is 0 Å². The molecule has 0 aromatic heterocycles. The second-order valence-electron chi connectivity index (χ2n) is 6.08. The van der Waals surface area contributed by atoms with E-state index in [0.717, 1.165) is 12.2 Å². The molecule has 0 aliphatic heterocycles. The Morgan fingerprint density at radius 3 is 2.55 bits per heavy atom. The molecule has 1 rings (SSSR count). The zero-order chi connectivity index (χ0) is 15.0. The van der Waals surface area contributed by atoms with Gasteiger partial charge in [-0.25, -0.2) is 0 Å². The van der Waals surface area contributed by atoms with Gasteiger partial charge in [-0.2, -0.15) is 0 Å². The summed E-state index contributed by atoms with van der Waals surface area (Å²) in [6.07, 6.45) is 1.40. The van der Waals surface area contributed by atoms with Crippen LogP contribution in [0.1, 0.15) is 33.6 Å². The minimum atomic E-state index is 0.0271. The van der Waals surface area contributed by atoms with Gasteiger partial charge < -0.3 is 10.1 Å². The van der Waals surface area contributed by atoms with Gasteiger partial charge in [0.1, 0.15) is 5.75 Å². The normalized spacial score (nSPS) is 12.8. The highest BCUT2D eigenvalue weighted by atomic mass is 79.9. The van der Waals surface area contributed by atoms with Gasteiger partial charge in [-0.3, -0.25) is 4.79 Å². The summed E-state index contributed by atoms with van der Waals surface area (Å²) in [5.74, 6) is 0.825. The maximum absolute atomic E-state index is 11.7. The van der Waals surface area contributed by atoms with Crippen molar-refractivity contribution in [3.05, 3.63) is 30.3 Å². The van der Waals surface area contributed by atoms with Gasteiger partial charge in [-0.15, -0.1) is 0 Å². The fourth-order valence-corrected chi connectivity index (χ4v) is 2.96. The summed E-state index contributed by atoms with van der Waals surface area (Å²) < 4.78 is 5.49. The van der Waals surface area contributed by atoms with Gasteiger partial charge in [0, 0.05) is 11.4 Å². The third-order valence-corrected chi connectivity index (χ3v) is 3.34. The fraction of sp³-hybridized carbons (Fsp3) is 0.562. The minimum Gasteiger partial charge on any atom is -0.493 e. The van der Waals surface area contributed by atoms with Crippen LogP contribution in [0.5, 0.6) is 5.75 Å². The first-order valence-corrected chi connectivity index (χ1v) is 7.87. The van der Waals surface area contributed by atoms with Crippen molar-refractivity contribution in [1.29, 1.82) is 0 Å². The average Bonchev–Trinajstić information content (AvgIpc) is 2.36. The van der Waals surface area contributed by atoms with E-state index in [1.165, 1.54) is 0 Å². The van der Waals surface area contributed by atoms with Crippen molar-refractivity contribution in [1.82, 2.24) is 5.32 Å². The molecule has 112 valence electrons. The molecule has 1 aromatic rings. The number of carbonyl (C=O) groups is 1. The zero-order valence-corrected chi connectivity index (χ0v) is 14.1. The Hall–Kier alpha value is -1.03. The van der Waals surface area contributed by atoms with Crippen LogP contribution in [0.15, 0.2) is 30.3 Å². The van der Waals surface area contributed by atoms with E-state index in [9.17, 15) is 4.79 Å². The van der Waals surface area contributed by atoms with Gasteiger partial charge in [-0.1, -0.05) is 54.9 Å². The lowest BCUT2D eigenvalue weighted by Gasteiger charge is -2.22. The predicted molar refractivity (Wildman–Crippen MR) is 86.4 cm³/mol. The van der Waals surface area contributed by atoms with Crippen molar-refractivity contribution in [2.45, 2.75) is 38.4 Å². The largest absolute Gasteiger partial charge is 0.493 e. The molecular formula is C16H24BrNO2. The quantitative estimate of drug-likeness (QED) is 0.766. The summed E-state index contributed by atoms with van der Waals surface area (Å²) in [7, 11) is 0. The summed E-state index contributed by atoms with van der Waals surface area (Å²) in [5, 5.41) is 2.93. The number of alkyl halides is 1. The summed E-state index contributed by atoms with van der Waals surface area (Å²) >= 11 is 3.60. The highest BCUT2D eigenvalue weighted by Crippen LogP contribution is 2.24. The van der Waals surface area contributed by atoms with E-state index in [2.05, 4.69) is 42.0 Å². The van der Waals surface area contributed by atoms with E-state index < -0.39 is 0 Å². The molecule has 0 heterocycles. The van der Waals surface area contributed by atoms with Crippen molar-refractivity contribution in [3.63, 3.8) is 0 Å². The van der Waals surface area contributed by atoms with Crippen LogP contribution in [0, 0.1) is 5.41 Å². The average molecular weight is 342 g/mol. The number of benzene rings is 1. The maximum atomic E-state index is 11.7. The summed E-state index contributed by atoms with van der Waals surface area (Å²) in [6.45, 7) is 7.63. The summed E-state index contributed by atoms with van der Waals surface area (Å²) in [5.41, 5.74) is 0.259. The van der Waals surface area contributed by atoms with Crippen LogP contribution < -0.4 is 10.1 Å². The van der Waals surface area contributed by atoms with E-state index in [1.807, 2.05) is 30.3 Å². The number of nitrogens with one attached hydrogen (secondary N) is 1. The standard InChI is InChI=1S/C16H24BrNO2/c1-16(2,3)11-13(17)12-18-15(19)9-10-20-14-7-5-4-6-8-14/h4-8,13H,9-12H2,1-3H3,(H,18,19). The molecule has 0 bridgehead atoms. The maximum Gasteiger partial charge on any atom is 0.223 e. The molecular weight excluding hydrogens is 318 g/mol. The molecule has 1 amide bonds. The molecule has 3 nitrogen and oxygen atoms in total. The fourth-order valence-electron chi connectivity index (χ4n) is 1.83. The molecule has 0 aliphatic rings. The highest BCUT2D eigenvalue weighted by molar-refractivity contribution is 9.09. The van der Waals surface area contributed by atoms with Crippen LogP contribution in [0.4, 0.5) is 0 Å². The Kier molecular flexibility index (Phi) is 7.06. The number of rotatable bonds is 7. The Morgan fingerprint density at radius 1 is 1.30 bits per heavy atom. The van der Waals surface area contributed by atoms with Crippen LogP contribution >= 0.6 is 15.9 Å². The molecule has 0 radical (unpaired) electrons. The smallest absolute Gasteiger partial charge is 0.223 e. The number of carbonyl (C=O) groups excluding carboxylic acids is 1. The molecule has 0 aliphatic carbocycles. The van der Waals surface area contributed by atoms with E-state index in [4.69, 9.17) is 4.74 Å². The number of para-hydroxylation sites is 1. The summed E-state index contributed by atoms with van der Waals surface area (Å²) in [4.78, 5) is 12.0. The Morgan fingerprint density at radius 2 is 1.95 bits per heavy atom. The first-order valence-electron chi connectivity index (χ1n) is 6.95. The molecule has 1 aromatic carbocycles. The van der Waals surface area contributed by atoms with Crippen LogP contribution in [-0.2, 0) is 4.79 Å². The number of hydrogen-bond donors (Lipinski definition) is 1. The van der Waals surface area contributed by atoms with Crippen LogP contribution in [0.3, 0.4) is 0 Å². The third-order valence-electron chi connectivity index (χ3n) is 2.70. The zero-order valence-electron chi connectivity index (χ0n) is 12.5. The molecule has 20 heavy (non-hydrogen) atoms. The lowest BCUT2D eigenvalue weighted by atomic mass is 9.90. The topological polar surface area (TPSA) is 38.3 Å². The monoisotopic (exact) mass is 341 g/mol. The molecule has 1 atom stereocenters. The van der Waals surface area contributed by atoms with Gasteiger partial charge in [0.15, 0.2) is 0 Å². The number of ether oxygens (including phenoxy) is 1.